The number of likely N-dealkylation sites (tertiary alicyclic amines) is 1. The molecule has 3 rings (SSSR count). The third-order valence-corrected chi connectivity index (χ3v) is 7.74. The van der Waals surface area contributed by atoms with E-state index in [2.05, 4.69) is 0 Å². The fourth-order valence-electron chi connectivity index (χ4n) is 3.87. The molecule has 0 radical (unpaired) electrons. The van der Waals surface area contributed by atoms with E-state index in [-0.39, 0.29) is 41.2 Å². The van der Waals surface area contributed by atoms with Crippen molar-refractivity contribution in [1.29, 1.82) is 0 Å². The minimum atomic E-state index is -3.53. The summed E-state index contributed by atoms with van der Waals surface area (Å²) in [6.07, 6.45) is 0.646. The number of sulfone groups is 1. The van der Waals surface area contributed by atoms with Gasteiger partial charge in [-0.15, -0.1) is 0 Å². The predicted molar refractivity (Wildman–Crippen MR) is 109 cm³/mol. The molecule has 31 heavy (non-hydrogen) atoms. The van der Waals surface area contributed by atoms with Crippen molar-refractivity contribution < 1.29 is 31.1 Å². The molecule has 172 valence electrons. The first kappa shape index (κ1) is 23.6. The van der Waals surface area contributed by atoms with Gasteiger partial charge >= 0.3 is 0 Å². The van der Waals surface area contributed by atoms with Gasteiger partial charge in [0.15, 0.2) is 9.84 Å². The molecule has 1 aliphatic heterocycles. The summed E-state index contributed by atoms with van der Waals surface area (Å²) in [5.41, 5.74) is 5.64. The Bertz CT molecular complexity index is 903. The molecule has 0 unspecified atom stereocenters. The van der Waals surface area contributed by atoms with Crippen LogP contribution in [-0.4, -0.2) is 57.1 Å². The highest BCUT2D eigenvalue weighted by molar-refractivity contribution is 7.91. The summed E-state index contributed by atoms with van der Waals surface area (Å²) in [7, 11) is -3.53. The minimum Gasteiger partial charge on any atom is -0.489 e. The molecule has 6 nitrogen and oxygen atoms in total. The number of carbonyl (C=O) groups is 1. The number of halogens is 3. The lowest BCUT2D eigenvalue weighted by Gasteiger charge is -2.39. The van der Waals surface area contributed by atoms with Crippen LogP contribution in [0.3, 0.4) is 0 Å². The van der Waals surface area contributed by atoms with Gasteiger partial charge in [0.25, 0.3) is 0 Å². The lowest BCUT2D eigenvalue weighted by Crippen LogP contribution is -2.49. The summed E-state index contributed by atoms with van der Waals surface area (Å²) in [6, 6.07) is 5.91. The Morgan fingerprint density at radius 2 is 1.81 bits per heavy atom. The van der Waals surface area contributed by atoms with E-state index in [0.717, 1.165) is 0 Å². The predicted octanol–water partition coefficient (Wildman–Crippen LogP) is 2.94. The van der Waals surface area contributed by atoms with E-state index in [1.165, 1.54) is 24.3 Å². The highest BCUT2D eigenvalue weighted by atomic mass is 32.2. The lowest BCUT2D eigenvalue weighted by molar-refractivity contribution is -0.160. The van der Waals surface area contributed by atoms with Crippen molar-refractivity contribution in [3.8, 4) is 5.75 Å². The number of benzene rings is 1. The normalized spacial score (nSPS) is 20.4. The number of hydrogen-bond acceptors (Lipinski definition) is 5. The molecule has 0 spiro atoms. The van der Waals surface area contributed by atoms with E-state index < -0.39 is 34.5 Å². The van der Waals surface area contributed by atoms with Gasteiger partial charge in [0.2, 0.25) is 11.8 Å². The highest BCUT2D eigenvalue weighted by Gasteiger charge is 2.50. The third kappa shape index (κ3) is 6.00. The van der Waals surface area contributed by atoms with Gasteiger partial charge in [-0.25, -0.2) is 21.6 Å². The topological polar surface area (TPSA) is 89.7 Å². The van der Waals surface area contributed by atoms with Crippen LogP contribution in [0.1, 0.15) is 25.7 Å². The molecule has 1 amide bonds. The number of carbonyl (C=O) groups excluding carboxylic acids is 1. The van der Waals surface area contributed by atoms with Crippen molar-refractivity contribution >= 4 is 15.7 Å². The highest BCUT2D eigenvalue weighted by Crippen LogP contribution is 2.43. The number of rotatable bonds is 8. The second-order valence-corrected chi connectivity index (χ2v) is 10.3. The van der Waals surface area contributed by atoms with E-state index in [9.17, 15) is 26.4 Å². The van der Waals surface area contributed by atoms with Crippen LogP contribution in [0.4, 0.5) is 13.2 Å². The second-order valence-electron chi connectivity index (χ2n) is 8.24. The summed E-state index contributed by atoms with van der Waals surface area (Å²) >= 11 is 0. The van der Waals surface area contributed by atoms with E-state index in [0.29, 0.717) is 38.0 Å². The van der Waals surface area contributed by atoms with Gasteiger partial charge in [0.1, 0.15) is 12.4 Å². The minimum absolute atomic E-state index is 0.0190. The Balaban J connectivity index is 1.49. The van der Waals surface area contributed by atoms with Crippen LogP contribution in [-0.2, 0) is 14.6 Å². The van der Waals surface area contributed by atoms with E-state index in [1.807, 2.05) is 0 Å². The molecule has 2 aliphatic rings. The molecule has 0 bridgehead atoms. The van der Waals surface area contributed by atoms with Crippen LogP contribution >= 0.6 is 0 Å². The molecular formula is C21H27F3N2O4S. The van der Waals surface area contributed by atoms with Gasteiger partial charge in [0.05, 0.1) is 17.0 Å². The second kappa shape index (κ2) is 9.60. The molecule has 0 aromatic heterocycles. The van der Waals surface area contributed by atoms with Gasteiger partial charge < -0.3 is 15.4 Å². The van der Waals surface area contributed by atoms with Gasteiger partial charge in [-0.2, -0.15) is 0 Å². The smallest absolute Gasteiger partial charge is 0.249 e. The quantitative estimate of drug-likeness (QED) is 0.644. The number of nitrogens with two attached hydrogens (primary N) is 1. The Morgan fingerprint density at radius 1 is 1.19 bits per heavy atom. The Hall–Kier alpha value is -2.07. The van der Waals surface area contributed by atoms with Crippen LogP contribution in [0, 0.1) is 11.8 Å². The third-order valence-electron chi connectivity index (χ3n) is 5.84. The maximum atomic E-state index is 13.0. The summed E-state index contributed by atoms with van der Waals surface area (Å²) in [6.45, 7) is 0.786. The Morgan fingerprint density at radius 3 is 2.32 bits per heavy atom. The van der Waals surface area contributed by atoms with E-state index >= 15 is 0 Å². The summed E-state index contributed by atoms with van der Waals surface area (Å²) < 4.78 is 69.4. The maximum absolute atomic E-state index is 13.0. The fourth-order valence-corrected chi connectivity index (χ4v) is 5.57. The summed E-state index contributed by atoms with van der Waals surface area (Å²) in [5.74, 6) is -3.34. The average Bonchev–Trinajstić information content (AvgIpc) is 2.73. The van der Waals surface area contributed by atoms with Crippen LogP contribution in [0.25, 0.3) is 0 Å². The van der Waals surface area contributed by atoms with Crippen molar-refractivity contribution in [3.63, 3.8) is 0 Å². The molecule has 2 fully saturated rings. The number of hydrogen-bond donors (Lipinski definition) is 1. The molecule has 1 aromatic carbocycles. The van der Waals surface area contributed by atoms with Gasteiger partial charge in [-0.05, 0) is 43.0 Å². The molecule has 1 aromatic rings. The number of ether oxygens (including phenoxy) is 1. The fraction of sp³-hybridized carbons (Fsp3) is 0.571. The van der Waals surface area contributed by atoms with Crippen molar-refractivity contribution in [2.24, 2.45) is 17.6 Å². The van der Waals surface area contributed by atoms with E-state index in [4.69, 9.17) is 10.5 Å². The number of amides is 1. The summed E-state index contributed by atoms with van der Waals surface area (Å²) in [4.78, 5) is 14.0. The van der Waals surface area contributed by atoms with Crippen molar-refractivity contribution in [3.05, 3.63) is 36.2 Å². The zero-order chi connectivity index (χ0) is 22.6. The zero-order valence-electron chi connectivity index (χ0n) is 17.1. The Kier molecular flexibility index (Phi) is 7.31. The lowest BCUT2D eigenvalue weighted by atomic mass is 9.80. The van der Waals surface area contributed by atoms with Crippen LogP contribution < -0.4 is 10.5 Å². The van der Waals surface area contributed by atoms with Gasteiger partial charge in [-0.1, -0.05) is 0 Å². The largest absolute Gasteiger partial charge is 0.489 e. The molecule has 10 heteroatoms. The molecule has 1 saturated carbocycles. The first-order valence-corrected chi connectivity index (χ1v) is 11.9. The molecule has 1 aliphatic carbocycles. The molecular weight excluding hydrogens is 433 g/mol. The zero-order valence-corrected chi connectivity index (χ0v) is 17.9. The monoisotopic (exact) mass is 460 g/mol. The standard InChI is InChI=1S/C21H27F3N2O4S/c22-11-16(12-25)13-30-18-1-3-19(4-2-18)31(28,29)14-15-5-7-26(8-6-15)20(27)17-9-21(23,24)10-17/h1-4,11,15,17H,5-10,12-14,25H2. The van der Waals surface area contributed by atoms with Crippen LogP contribution in [0.5, 0.6) is 5.75 Å². The van der Waals surface area contributed by atoms with Gasteiger partial charge in [0, 0.05) is 44.0 Å². The molecule has 2 N–H and O–H groups in total. The Labute approximate surface area is 180 Å². The van der Waals surface area contributed by atoms with Crippen molar-refractivity contribution in [2.75, 3.05) is 32.0 Å². The average molecular weight is 461 g/mol. The van der Waals surface area contributed by atoms with Gasteiger partial charge in [-0.3, -0.25) is 4.79 Å². The first-order valence-electron chi connectivity index (χ1n) is 10.2. The van der Waals surface area contributed by atoms with E-state index in [1.54, 1.807) is 4.90 Å². The van der Waals surface area contributed by atoms with Crippen molar-refractivity contribution in [1.82, 2.24) is 4.90 Å². The number of piperidine rings is 1. The molecule has 1 saturated heterocycles. The van der Waals surface area contributed by atoms with Crippen LogP contribution in [0.15, 0.2) is 41.1 Å². The molecule has 1 heterocycles. The number of alkyl halides is 2. The number of nitrogens with zero attached hydrogens (tertiary/aromatic N) is 1. The van der Waals surface area contributed by atoms with Crippen LogP contribution in [0.2, 0.25) is 0 Å². The first-order chi connectivity index (χ1) is 14.6. The molecule has 0 atom stereocenters. The van der Waals surface area contributed by atoms with Crippen molar-refractivity contribution in [2.45, 2.75) is 36.5 Å². The maximum Gasteiger partial charge on any atom is 0.249 e. The summed E-state index contributed by atoms with van der Waals surface area (Å²) in [5, 5.41) is 0. The SMILES string of the molecule is NCC(=CF)COc1ccc(S(=O)(=O)CC2CCN(C(=O)C3CC(F)(F)C3)CC2)cc1.